The molecule has 0 unspecified atom stereocenters. The molecule has 0 spiro atoms. The molecule has 1 aliphatic heterocycles. The summed E-state index contributed by atoms with van der Waals surface area (Å²) in [5, 5.41) is 5.40. The van der Waals surface area contributed by atoms with Gasteiger partial charge in [-0.15, -0.1) is 0 Å². The third-order valence-electron chi connectivity index (χ3n) is 2.78. The minimum absolute atomic E-state index is 0.0858. The van der Waals surface area contributed by atoms with E-state index in [2.05, 4.69) is 10.6 Å². The van der Waals surface area contributed by atoms with Crippen LogP contribution in [-0.4, -0.2) is 31.8 Å². The number of nitrogens with zero attached hydrogens (tertiary/aromatic N) is 1. The van der Waals surface area contributed by atoms with Crippen LogP contribution < -0.4 is 15.5 Å². The molecule has 1 fully saturated rings. The Morgan fingerprint density at radius 2 is 2.16 bits per heavy atom. The fraction of sp³-hybridized carbons (Fsp3) is 0.385. The summed E-state index contributed by atoms with van der Waals surface area (Å²) in [7, 11) is 0. The van der Waals surface area contributed by atoms with Gasteiger partial charge in [0.15, 0.2) is 0 Å². The van der Waals surface area contributed by atoms with Gasteiger partial charge < -0.3 is 10.1 Å². The highest BCUT2D eigenvalue weighted by atomic mass is 16.5. The standard InChI is InChI=1S/C13H17N3O3/c1-2-19-13(18)15-10-4-6-11(7-5-10)16-9-3-8-14-12(16)17/h4-7H,2-3,8-9H2,1H3,(H,14,17)(H,15,18). The summed E-state index contributed by atoms with van der Waals surface area (Å²) in [6.45, 7) is 3.50. The highest BCUT2D eigenvalue weighted by molar-refractivity contribution is 5.93. The van der Waals surface area contributed by atoms with E-state index in [1.54, 1.807) is 36.1 Å². The number of hydrogen-bond donors (Lipinski definition) is 2. The van der Waals surface area contributed by atoms with E-state index in [0.717, 1.165) is 18.7 Å². The second-order valence-corrected chi connectivity index (χ2v) is 4.13. The molecule has 0 radical (unpaired) electrons. The Kier molecular flexibility index (Phi) is 4.22. The monoisotopic (exact) mass is 263 g/mol. The van der Waals surface area contributed by atoms with Crippen LogP contribution in [0, 0.1) is 0 Å². The van der Waals surface area contributed by atoms with Gasteiger partial charge in [0.05, 0.1) is 6.61 Å². The Morgan fingerprint density at radius 1 is 1.42 bits per heavy atom. The van der Waals surface area contributed by atoms with Crippen molar-refractivity contribution in [1.29, 1.82) is 0 Å². The van der Waals surface area contributed by atoms with E-state index >= 15 is 0 Å². The Labute approximate surface area is 111 Å². The van der Waals surface area contributed by atoms with Crippen molar-refractivity contribution < 1.29 is 14.3 Å². The topological polar surface area (TPSA) is 70.7 Å². The minimum atomic E-state index is -0.481. The fourth-order valence-electron chi connectivity index (χ4n) is 1.89. The molecule has 0 atom stereocenters. The lowest BCUT2D eigenvalue weighted by molar-refractivity contribution is 0.168. The van der Waals surface area contributed by atoms with E-state index in [1.807, 2.05) is 0 Å². The number of anilines is 2. The SMILES string of the molecule is CCOC(=O)Nc1ccc(N2CCCNC2=O)cc1. The summed E-state index contributed by atoms with van der Waals surface area (Å²) < 4.78 is 4.78. The van der Waals surface area contributed by atoms with Gasteiger partial charge in [-0.3, -0.25) is 10.2 Å². The van der Waals surface area contributed by atoms with Crippen molar-refractivity contribution in [3.05, 3.63) is 24.3 Å². The number of nitrogens with one attached hydrogen (secondary N) is 2. The van der Waals surface area contributed by atoms with E-state index in [0.29, 0.717) is 18.8 Å². The van der Waals surface area contributed by atoms with E-state index in [-0.39, 0.29) is 6.03 Å². The molecule has 0 saturated carbocycles. The molecule has 102 valence electrons. The molecule has 1 aromatic carbocycles. The maximum Gasteiger partial charge on any atom is 0.411 e. The predicted molar refractivity (Wildman–Crippen MR) is 72.4 cm³/mol. The van der Waals surface area contributed by atoms with E-state index in [9.17, 15) is 9.59 Å². The lowest BCUT2D eigenvalue weighted by Crippen LogP contribution is -2.46. The molecule has 3 amide bonds. The van der Waals surface area contributed by atoms with Crippen molar-refractivity contribution in [2.45, 2.75) is 13.3 Å². The molecule has 1 saturated heterocycles. The zero-order chi connectivity index (χ0) is 13.7. The van der Waals surface area contributed by atoms with Crippen LogP contribution in [0.3, 0.4) is 0 Å². The van der Waals surface area contributed by atoms with Gasteiger partial charge in [0.25, 0.3) is 0 Å². The van der Waals surface area contributed by atoms with Crippen molar-refractivity contribution in [2.24, 2.45) is 0 Å². The summed E-state index contributed by atoms with van der Waals surface area (Å²) in [4.78, 5) is 24.6. The molecule has 0 aliphatic carbocycles. The summed E-state index contributed by atoms with van der Waals surface area (Å²) in [6.07, 6.45) is 0.445. The number of benzene rings is 1. The van der Waals surface area contributed by atoms with Crippen molar-refractivity contribution in [3.8, 4) is 0 Å². The van der Waals surface area contributed by atoms with Gasteiger partial charge in [-0.1, -0.05) is 0 Å². The average Bonchev–Trinajstić information content (AvgIpc) is 2.41. The normalized spacial score (nSPS) is 14.8. The van der Waals surface area contributed by atoms with Crippen LogP contribution in [0.25, 0.3) is 0 Å². The number of urea groups is 1. The van der Waals surface area contributed by atoms with Crippen molar-refractivity contribution in [1.82, 2.24) is 5.32 Å². The summed E-state index contributed by atoms with van der Waals surface area (Å²) in [6, 6.07) is 7.00. The number of ether oxygens (including phenoxy) is 1. The van der Waals surface area contributed by atoms with Crippen LogP contribution in [-0.2, 0) is 4.74 Å². The number of hydrogen-bond acceptors (Lipinski definition) is 3. The molecule has 2 N–H and O–H groups in total. The van der Waals surface area contributed by atoms with E-state index in [1.165, 1.54) is 0 Å². The van der Waals surface area contributed by atoms with E-state index < -0.39 is 6.09 Å². The van der Waals surface area contributed by atoms with Crippen LogP contribution >= 0.6 is 0 Å². The third kappa shape index (κ3) is 3.37. The Balaban J connectivity index is 2.01. The summed E-state index contributed by atoms with van der Waals surface area (Å²) in [5.74, 6) is 0. The number of carbonyl (C=O) groups is 2. The quantitative estimate of drug-likeness (QED) is 0.878. The first-order valence-corrected chi connectivity index (χ1v) is 6.30. The summed E-state index contributed by atoms with van der Waals surface area (Å²) in [5.41, 5.74) is 1.45. The third-order valence-corrected chi connectivity index (χ3v) is 2.78. The highest BCUT2D eigenvalue weighted by Gasteiger charge is 2.18. The van der Waals surface area contributed by atoms with Crippen LogP contribution in [0.15, 0.2) is 24.3 Å². The molecule has 6 nitrogen and oxygen atoms in total. The Bertz CT molecular complexity index is 459. The van der Waals surface area contributed by atoms with Gasteiger partial charge >= 0.3 is 12.1 Å². The van der Waals surface area contributed by atoms with Gasteiger partial charge in [0.2, 0.25) is 0 Å². The molecule has 0 aromatic heterocycles. The minimum Gasteiger partial charge on any atom is -0.450 e. The maximum atomic E-state index is 11.7. The van der Waals surface area contributed by atoms with Crippen LogP contribution in [0.5, 0.6) is 0 Å². The van der Waals surface area contributed by atoms with Crippen LogP contribution in [0.2, 0.25) is 0 Å². The lowest BCUT2D eigenvalue weighted by Gasteiger charge is -2.27. The number of carbonyl (C=O) groups excluding carboxylic acids is 2. The smallest absolute Gasteiger partial charge is 0.411 e. The first kappa shape index (κ1) is 13.2. The number of rotatable bonds is 3. The molecule has 1 aromatic rings. The van der Waals surface area contributed by atoms with Crippen LogP contribution in [0.4, 0.5) is 21.0 Å². The Morgan fingerprint density at radius 3 is 2.79 bits per heavy atom. The van der Waals surface area contributed by atoms with Gasteiger partial charge in [0, 0.05) is 24.5 Å². The zero-order valence-electron chi connectivity index (χ0n) is 10.8. The lowest BCUT2D eigenvalue weighted by atomic mass is 10.2. The molecule has 6 heteroatoms. The molecular formula is C13H17N3O3. The summed E-state index contributed by atoms with van der Waals surface area (Å²) >= 11 is 0. The first-order valence-electron chi connectivity index (χ1n) is 6.30. The van der Waals surface area contributed by atoms with Crippen LogP contribution in [0.1, 0.15) is 13.3 Å². The largest absolute Gasteiger partial charge is 0.450 e. The second kappa shape index (κ2) is 6.08. The van der Waals surface area contributed by atoms with Crippen molar-refractivity contribution in [2.75, 3.05) is 29.9 Å². The predicted octanol–water partition coefficient (Wildman–Crippen LogP) is 2.17. The Hall–Kier alpha value is -2.24. The molecule has 1 heterocycles. The van der Waals surface area contributed by atoms with Gasteiger partial charge in [-0.05, 0) is 37.6 Å². The molecular weight excluding hydrogens is 246 g/mol. The van der Waals surface area contributed by atoms with Gasteiger partial charge in [-0.2, -0.15) is 0 Å². The number of amides is 3. The average molecular weight is 263 g/mol. The van der Waals surface area contributed by atoms with Gasteiger partial charge in [0.1, 0.15) is 0 Å². The molecule has 1 aliphatic rings. The zero-order valence-corrected chi connectivity index (χ0v) is 10.8. The van der Waals surface area contributed by atoms with Gasteiger partial charge in [-0.25, -0.2) is 9.59 Å². The van der Waals surface area contributed by atoms with Crippen molar-refractivity contribution in [3.63, 3.8) is 0 Å². The second-order valence-electron chi connectivity index (χ2n) is 4.13. The highest BCUT2D eigenvalue weighted by Crippen LogP contribution is 2.19. The van der Waals surface area contributed by atoms with E-state index in [4.69, 9.17) is 4.74 Å². The maximum absolute atomic E-state index is 11.7. The molecule has 0 bridgehead atoms. The first-order chi connectivity index (χ1) is 9.20. The molecule has 2 rings (SSSR count). The fourth-order valence-corrected chi connectivity index (χ4v) is 1.89. The molecule has 19 heavy (non-hydrogen) atoms. The van der Waals surface area contributed by atoms with Crippen molar-refractivity contribution >= 4 is 23.5 Å².